The number of amides is 1. The zero-order valence-corrected chi connectivity index (χ0v) is 19.9. The van der Waals surface area contributed by atoms with Gasteiger partial charge in [-0.25, -0.2) is 4.79 Å². The van der Waals surface area contributed by atoms with Crippen molar-refractivity contribution < 1.29 is 18.8 Å². The van der Waals surface area contributed by atoms with Gasteiger partial charge in [0, 0.05) is 6.54 Å². The standard InChI is InChI=1S/C25H37BN2O4/c1-23(2)18-14-19(23)25(4)20(15-18)31-26(32-25)21(13-17-9-6-5-7-10-17)28-22(29)30-24(3)11-8-12-27-16-24/h5-7,9-10,18-21,27H,8,11-16H2,1-4H3,(H,28,29)/t18-,19-,20+,21-,24?,25-/m0/s1. The molecule has 5 fully saturated rings. The Morgan fingerprint density at radius 2 is 2.03 bits per heavy atom. The Hall–Kier alpha value is -1.57. The number of hydrogen-bond donors (Lipinski definition) is 2. The fraction of sp³-hybridized carbons (Fsp3) is 0.720. The number of alkyl carbamates (subject to hydrolysis) is 1. The Labute approximate surface area is 192 Å². The molecule has 1 aromatic rings. The summed E-state index contributed by atoms with van der Waals surface area (Å²) in [4.78, 5) is 13.0. The maximum atomic E-state index is 13.0. The van der Waals surface area contributed by atoms with E-state index in [-0.39, 0.29) is 23.1 Å². The summed E-state index contributed by atoms with van der Waals surface area (Å²) in [6, 6.07) is 10.2. The van der Waals surface area contributed by atoms with Gasteiger partial charge < -0.3 is 24.7 Å². The first kappa shape index (κ1) is 22.2. The summed E-state index contributed by atoms with van der Waals surface area (Å²) in [5, 5.41) is 6.45. The van der Waals surface area contributed by atoms with Crippen molar-refractivity contribution in [3.05, 3.63) is 35.9 Å². The van der Waals surface area contributed by atoms with E-state index in [1.165, 1.54) is 6.42 Å². The number of carbonyl (C=O) groups excluding carboxylic acids is 1. The minimum absolute atomic E-state index is 0.0837. The highest BCUT2D eigenvalue weighted by atomic mass is 16.7. The molecule has 2 aliphatic heterocycles. The Kier molecular flexibility index (Phi) is 5.58. The van der Waals surface area contributed by atoms with Crippen LogP contribution in [0.3, 0.4) is 0 Å². The van der Waals surface area contributed by atoms with Gasteiger partial charge in [-0.2, -0.15) is 0 Å². The van der Waals surface area contributed by atoms with Crippen LogP contribution in [-0.2, 0) is 20.5 Å². The summed E-state index contributed by atoms with van der Waals surface area (Å²) in [6.45, 7) is 10.6. The highest BCUT2D eigenvalue weighted by molar-refractivity contribution is 6.47. The van der Waals surface area contributed by atoms with Crippen LogP contribution in [0.2, 0.25) is 0 Å². The summed E-state index contributed by atoms with van der Waals surface area (Å²) in [5.41, 5.74) is 0.637. The van der Waals surface area contributed by atoms with Gasteiger partial charge in [0.1, 0.15) is 5.60 Å². The summed E-state index contributed by atoms with van der Waals surface area (Å²) < 4.78 is 19.1. The van der Waals surface area contributed by atoms with E-state index in [2.05, 4.69) is 43.5 Å². The van der Waals surface area contributed by atoms with E-state index in [0.29, 0.717) is 24.8 Å². The monoisotopic (exact) mass is 440 g/mol. The number of nitrogens with one attached hydrogen (secondary N) is 2. The molecule has 32 heavy (non-hydrogen) atoms. The first-order valence-corrected chi connectivity index (χ1v) is 12.3. The van der Waals surface area contributed by atoms with Crippen molar-refractivity contribution in [2.24, 2.45) is 17.3 Å². The molecule has 3 saturated carbocycles. The molecule has 7 heteroatoms. The summed E-state index contributed by atoms with van der Waals surface area (Å²) in [7, 11) is -0.481. The minimum Gasteiger partial charge on any atom is -0.442 e. The van der Waals surface area contributed by atoms with Gasteiger partial charge in [0.2, 0.25) is 0 Å². The van der Waals surface area contributed by atoms with Crippen LogP contribution in [0.15, 0.2) is 30.3 Å². The molecule has 2 bridgehead atoms. The summed E-state index contributed by atoms with van der Waals surface area (Å²) in [6.07, 6.45) is 4.43. The molecular weight excluding hydrogens is 403 g/mol. The highest BCUT2D eigenvalue weighted by Gasteiger charge is 2.68. The Morgan fingerprint density at radius 3 is 2.72 bits per heavy atom. The molecule has 6 atom stereocenters. The molecule has 3 aliphatic carbocycles. The molecule has 6 rings (SSSR count). The first-order chi connectivity index (χ1) is 15.2. The number of benzene rings is 1. The smallest absolute Gasteiger partial charge is 0.442 e. The SMILES string of the molecule is CC1(OC(=O)N[C@@H](Cc2ccccc2)B2O[C@@H]3C[C@@H]4C[C@@H](C4(C)C)[C@]3(C)O2)CCCNC1. The maximum absolute atomic E-state index is 13.0. The van der Waals surface area contributed by atoms with E-state index in [0.717, 1.165) is 31.4 Å². The molecule has 6 nitrogen and oxygen atoms in total. The minimum atomic E-state index is -0.484. The van der Waals surface area contributed by atoms with Crippen LogP contribution in [0.1, 0.15) is 58.9 Å². The number of rotatable bonds is 5. The van der Waals surface area contributed by atoms with Crippen LogP contribution in [-0.4, -0.2) is 49.5 Å². The molecule has 1 amide bonds. The number of piperidine rings is 1. The number of carbonyl (C=O) groups is 1. The van der Waals surface area contributed by atoms with Crippen molar-refractivity contribution in [3.8, 4) is 0 Å². The zero-order valence-electron chi connectivity index (χ0n) is 19.9. The Morgan fingerprint density at radius 1 is 1.25 bits per heavy atom. The van der Waals surface area contributed by atoms with Gasteiger partial charge in [0.05, 0.1) is 17.6 Å². The van der Waals surface area contributed by atoms with Gasteiger partial charge in [0.25, 0.3) is 0 Å². The van der Waals surface area contributed by atoms with E-state index >= 15 is 0 Å². The van der Waals surface area contributed by atoms with Gasteiger partial charge in [0.15, 0.2) is 0 Å². The van der Waals surface area contributed by atoms with Crippen molar-refractivity contribution in [1.29, 1.82) is 0 Å². The number of hydrogen-bond acceptors (Lipinski definition) is 5. The largest absolute Gasteiger partial charge is 0.482 e. The van der Waals surface area contributed by atoms with Gasteiger partial charge in [-0.3, -0.25) is 0 Å². The molecule has 2 saturated heterocycles. The molecule has 0 radical (unpaired) electrons. The van der Waals surface area contributed by atoms with Gasteiger partial charge >= 0.3 is 13.2 Å². The average Bonchev–Trinajstić information content (AvgIpc) is 3.11. The fourth-order valence-corrected chi connectivity index (χ4v) is 6.67. The lowest BCUT2D eigenvalue weighted by Crippen LogP contribution is -2.65. The van der Waals surface area contributed by atoms with Crippen LogP contribution < -0.4 is 10.6 Å². The van der Waals surface area contributed by atoms with E-state index in [9.17, 15) is 4.79 Å². The van der Waals surface area contributed by atoms with Crippen LogP contribution in [0.4, 0.5) is 4.79 Å². The van der Waals surface area contributed by atoms with Crippen LogP contribution >= 0.6 is 0 Å². The van der Waals surface area contributed by atoms with Crippen LogP contribution in [0.25, 0.3) is 0 Å². The van der Waals surface area contributed by atoms with E-state index in [4.69, 9.17) is 14.0 Å². The second-order valence-electron chi connectivity index (χ2n) is 11.4. The van der Waals surface area contributed by atoms with Crippen LogP contribution in [0.5, 0.6) is 0 Å². The lowest BCUT2D eigenvalue weighted by atomic mass is 9.43. The molecule has 174 valence electrons. The van der Waals surface area contributed by atoms with Crippen molar-refractivity contribution in [1.82, 2.24) is 10.6 Å². The first-order valence-electron chi connectivity index (χ1n) is 12.3. The molecule has 2 heterocycles. The van der Waals surface area contributed by atoms with E-state index in [1.807, 2.05) is 25.1 Å². The van der Waals surface area contributed by atoms with Crippen molar-refractivity contribution in [3.63, 3.8) is 0 Å². The predicted octanol–water partition coefficient (Wildman–Crippen LogP) is 3.73. The van der Waals surface area contributed by atoms with Gasteiger partial charge in [-0.1, -0.05) is 44.2 Å². The lowest BCUT2D eigenvalue weighted by Gasteiger charge is -2.64. The number of ether oxygens (including phenoxy) is 1. The average molecular weight is 440 g/mol. The van der Waals surface area contributed by atoms with Crippen molar-refractivity contribution in [2.45, 2.75) is 83.0 Å². The third-order valence-corrected chi connectivity index (χ3v) is 8.80. The quantitative estimate of drug-likeness (QED) is 0.683. The van der Waals surface area contributed by atoms with E-state index < -0.39 is 18.8 Å². The lowest BCUT2D eigenvalue weighted by molar-refractivity contribution is -0.199. The molecule has 0 aromatic heterocycles. The highest BCUT2D eigenvalue weighted by Crippen LogP contribution is 2.65. The van der Waals surface area contributed by atoms with Crippen molar-refractivity contribution in [2.75, 3.05) is 13.1 Å². The van der Waals surface area contributed by atoms with E-state index in [1.54, 1.807) is 0 Å². The second kappa shape index (κ2) is 8.03. The predicted molar refractivity (Wildman–Crippen MR) is 124 cm³/mol. The normalized spacial score (nSPS) is 38.4. The zero-order chi connectivity index (χ0) is 22.6. The molecule has 1 unspecified atom stereocenters. The third kappa shape index (κ3) is 3.86. The fourth-order valence-electron chi connectivity index (χ4n) is 6.67. The topological polar surface area (TPSA) is 68.8 Å². The Bertz CT molecular complexity index is 844. The van der Waals surface area contributed by atoms with Crippen molar-refractivity contribution >= 4 is 13.2 Å². The maximum Gasteiger partial charge on any atom is 0.482 e. The molecule has 2 N–H and O–H groups in total. The third-order valence-electron chi connectivity index (χ3n) is 8.80. The van der Waals surface area contributed by atoms with Gasteiger partial charge in [-0.15, -0.1) is 0 Å². The molecule has 1 aromatic carbocycles. The molecular formula is C25H37BN2O4. The van der Waals surface area contributed by atoms with Crippen LogP contribution in [0, 0.1) is 17.3 Å². The molecule has 5 aliphatic rings. The summed E-state index contributed by atoms with van der Waals surface area (Å²) in [5.74, 6) is 0.866. The Balaban J connectivity index is 1.32. The second-order valence-corrected chi connectivity index (χ2v) is 11.4. The molecule has 0 spiro atoms. The summed E-state index contributed by atoms with van der Waals surface area (Å²) >= 11 is 0. The van der Waals surface area contributed by atoms with Gasteiger partial charge in [-0.05, 0) is 75.3 Å².